The van der Waals surface area contributed by atoms with Crippen LogP contribution in [0.2, 0.25) is 0 Å². The number of hydrogen-bond donors (Lipinski definition) is 1. The topological polar surface area (TPSA) is 59.8 Å². The fraction of sp³-hybridized carbons (Fsp3) is 0.194. The predicted molar refractivity (Wildman–Crippen MR) is 149 cm³/mol. The Kier molecular flexibility index (Phi) is 6.92. The van der Waals surface area contributed by atoms with Crippen molar-refractivity contribution in [1.82, 2.24) is 19.9 Å². The average molecular weight is 523 g/mol. The molecule has 1 atom stereocenters. The number of amides is 1. The third-order valence-corrected chi connectivity index (χ3v) is 8.11. The molecule has 1 aliphatic carbocycles. The van der Waals surface area contributed by atoms with Crippen LogP contribution < -0.4 is 5.32 Å². The molecule has 6 rings (SSSR count). The van der Waals surface area contributed by atoms with Crippen LogP contribution in [0.15, 0.2) is 96.4 Å². The molecule has 5 nitrogen and oxygen atoms in total. The number of benzene rings is 3. The summed E-state index contributed by atoms with van der Waals surface area (Å²) in [6, 6.07) is 24.8. The molecule has 2 aromatic heterocycles. The molecule has 2 heterocycles. The number of nitrogens with zero attached hydrogens (tertiary/aromatic N) is 3. The normalized spacial score (nSPS) is 14.8. The second-order valence-electron chi connectivity index (χ2n) is 9.54. The summed E-state index contributed by atoms with van der Waals surface area (Å²) < 4.78 is 16.4. The van der Waals surface area contributed by atoms with E-state index in [-0.39, 0.29) is 17.8 Å². The maximum absolute atomic E-state index is 14.4. The third kappa shape index (κ3) is 5.07. The number of hydrogen-bond acceptors (Lipinski definition) is 4. The summed E-state index contributed by atoms with van der Waals surface area (Å²) in [5.41, 5.74) is 6.59. The molecule has 0 fully saturated rings. The summed E-state index contributed by atoms with van der Waals surface area (Å²) in [5, 5.41) is 4.02. The molecule has 1 aliphatic rings. The Morgan fingerprint density at radius 3 is 2.71 bits per heavy atom. The zero-order chi connectivity index (χ0) is 25.9. The summed E-state index contributed by atoms with van der Waals surface area (Å²) in [7, 11) is 0. The second-order valence-corrected chi connectivity index (χ2v) is 10.5. The van der Waals surface area contributed by atoms with E-state index in [0.29, 0.717) is 23.4 Å². The van der Waals surface area contributed by atoms with Gasteiger partial charge < -0.3 is 9.88 Å². The molecule has 1 N–H and O–H groups in total. The van der Waals surface area contributed by atoms with Crippen LogP contribution in [0.3, 0.4) is 0 Å². The van der Waals surface area contributed by atoms with Crippen molar-refractivity contribution in [3.63, 3.8) is 0 Å². The minimum atomic E-state index is -0.236. The van der Waals surface area contributed by atoms with Crippen molar-refractivity contribution in [1.29, 1.82) is 0 Å². The van der Waals surface area contributed by atoms with E-state index in [2.05, 4.69) is 28.5 Å². The van der Waals surface area contributed by atoms with Gasteiger partial charge in [-0.3, -0.25) is 9.78 Å². The van der Waals surface area contributed by atoms with E-state index in [1.165, 1.54) is 17.2 Å². The van der Waals surface area contributed by atoms with Crippen molar-refractivity contribution >= 4 is 28.7 Å². The van der Waals surface area contributed by atoms with Crippen LogP contribution in [-0.4, -0.2) is 20.4 Å². The molecule has 190 valence electrons. The van der Waals surface area contributed by atoms with E-state index in [9.17, 15) is 9.18 Å². The van der Waals surface area contributed by atoms with E-state index in [1.54, 1.807) is 36.3 Å². The highest BCUT2D eigenvalue weighted by Crippen LogP contribution is 2.30. The number of aryl methyl sites for hydroxylation is 1. The number of pyridine rings is 1. The highest BCUT2D eigenvalue weighted by molar-refractivity contribution is 7.98. The number of rotatable bonds is 7. The zero-order valence-corrected chi connectivity index (χ0v) is 21.6. The number of nitrogens with one attached hydrogen (secondary N) is 1. The Morgan fingerprint density at radius 1 is 1.03 bits per heavy atom. The molecule has 0 aliphatic heterocycles. The fourth-order valence-electron chi connectivity index (χ4n) is 5.05. The predicted octanol–water partition coefficient (Wildman–Crippen LogP) is 6.72. The van der Waals surface area contributed by atoms with Gasteiger partial charge in [-0.2, -0.15) is 0 Å². The summed E-state index contributed by atoms with van der Waals surface area (Å²) in [6.45, 7) is 0.376. The van der Waals surface area contributed by atoms with Gasteiger partial charge >= 0.3 is 0 Å². The standard InChI is InChI=1S/C31H27FN4OS/c32-26-10-4-2-7-24(26)19-36-29-18-33-17-16-28(29)35-31(36)38-20-21-12-14-23(15-13-21)30(37)34-27-11-5-8-22-6-1-3-9-25(22)27/h1-4,6-7,9-10,12-18,27H,5,8,11,19-20H2,(H,34,37). The van der Waals surface area contributed by atoms with Gasteiger partial charge in [0.05, 0.1) is 29.8 Å². The fourth-order valence-corrected chi connectivity index (χ4v) is 6.02. The number of imidazole rings is 1. The van der Waals surface area contributed by atoms with Gasteiger partial charge in [-0.25, -0.2) is 9.37 Å². The quantitative estimate of drug-likeness (QED) is 0.241. The maximum atomic E-state index is 14.4. The van der Waals surface area contributed by atoms with Crippen LogP contribution in [0, 0.1) is 5.82 Å². The second kappa shape index (κ2) is 10.8. The molecule has 7 heteroatoms. The van der Waals surface area contributed by atoms with Gasteiger partial charge in [0.25, 0.3) is 5.91 Å². The van der Waals surface area contributed by atoms with Gasteiger partial charge in [0.1, 0.15) is 5.82 Å². The van der Waals surface area contributed by atoms with Crippen molar-refractivity contribution in [2.45, 2.75) is 42.8 Å². The van der Waals surface area contributed by atoms with E-state index in [1.807, 2.05) is 47.0 Å². The van der Waals surface area contributed by atoms with Crippen molar-refractivity contribution in [3.05, 3.63) is 125 Å². The lowest BCUT2D eigenvalue weighted by Gasteiger charge is -2.26. The van der Waals surface area contributed by atoms with Gasteiger partial charge in [-0.1, -0.05) is 66.4 Å². The van der Waals surface area contributed by atoms with E-state index >= 15 is 0 Å². The first-order valence-corrected chi connectivity index (χ1v) is 13.8. The van der Waals surface area contributed by atoms with Crippen LogP contribution >= 0.6 is 11.8 Å². The molecule has 0 bridgehead atoms. The molecule has 0 saturated carbocycles. The molecule has 38 heavy (non-hydrogen) atoms. The number of fused-ring (bicyclic) bond motifs is 2. The largest absolute Gasteiger partial charge is 0.345 e. The third-order valence-electron chi connectivity index (χ3n) is 7.06. The van der Waals surface area contributed by atoms with Gasteiger partial charge in [-0.05, 0) is 60.2 Å². The molecule has 5 aromatic rings. The molecule has 0 spiro atoms. The Hall–Kier alpha value is -3.97. The summed E-state index contributed by atoms with van der Waals surface area (Å²) in [5.74, 6) is 0.385. The highest BCUT2D eigenvalue weighted by Gasteiger charge is 2.22. The van der Waals surface area contributed by atoms with E-state index in [0.717, 1.165) is 41.0 Å². The lowest BCUT2D eigenvalue weighted by atomic mass is 9.87. The molecule has 0 radical (unpaired) electrons. The van der Waals surface area contributed by atoms with Gasteiger partial charge in [0, 0.05) is 23.1 Å². The highest BCUT2D eigenvalue weighted by atomic mass is 32.2. The number of aromatic nitrogens is 3. The van der Waals surface area contributed by atoms with Crippen LogP contribution in [0.25, 0.3) is 11.0 Å². The molecule has 1 unspecified atom stereocenters. The maximum Gasteiger partial charge on any atom is 0.251 e. The number of carbonyl (C=O) groups is 1. The van der Waals surface area contributed by atoms with Gasteiger partial charge in [0.2, 0.25) is 0 Å². The minimum Gasteiger partial charge on any atom is -0.345 e. The number of halogens is 1. The SMILES string of the molecule is O=C(NC1CCCc2ccccc21)c1ccc(CSc2nc3ccncc3n2Cc2ccccc2F)cc1. The smallest absolute Gasteiger partial charge is 0.251 e. The molecule has 1 amide bonds. The first-order valence-electron chi connectivity index (χ1n) is 12.8. The van der Waals surface area contributed by atoms with Crippen LogP contribution in [0.5, 0.6) is 0 Å². The number of carbonyl (C=O) groups excluding carboxylic acids is 1. The van der Waals surface area contributed by atoms with Crippen LogP contribution in [0.4, 0.5) is 4.39 Å². The van der Waals surface area contributed by atoms with E-state index < -0.39 is 0 Å². The van der Waals surface area contributed by atoms with Crippen molar-refractivity contribution < 1.29 is 9.18 Å². The first-order chi connectivity index (χ1) is 18.7. The minimum absolute atomic E-state index is 0.0508. The Balaban J connectivity index is 1.15. The van der Waals surface area contributed by atoms with Crippen molar-refractivity contribution in [2.75, 3.05) is 0 Å². The molecular formula is C31H27FN4OS. The van der Waals surface area contributed by atoms with Crippen LogP contribution in [-0.2, 0) is 18.7 Å². The monoisotopic (exact) mass is 522 g/mol. The average Bonchev–Trinajstić information content (AvgIpc) is 3.30. The number of thioether (sulfide) groups is 1. The van der Waals surface area contributed by atoms with E-state index in [4.69, 9.17) is 4.98 Å². The lowest BCUT2D eigenvalue weighted by molar-refractivity contribution is 0.0932. The van der Waals surface area contributed by atoms with Crippen molar-refractivity contribution in [2.24, 2.45) is 0 Å². The molecular weight excluding hydrogens is 495 g/mol. The summed E-state index contributed by atoms with van der Waals surface area (Å²) in [4.78, 5) is 22.0. The first kappa shape index (κ1) is 24.4. The Bertz CT molecular complexity index is 1600. The zero-order valence-electron chi connectivity index (χ0n) is 20.8. The van der Waals surface area contributed by atoms with Gasteiger partial charge in [-0.15, -0.1) is 0 Å². The Labute approximate surface area is 225 Å². The van der Waals surface area contributed by atoms with Gasteiger partial charge in [0.15, 0.2) is 5.16 Å². The van der Waals surface area contributed by atoms with Crippen molar-refractivity contribution in [3.8, 4) is 0 Å². The molecule has 0 saturated heterocycles. The summed E-state index contributed by atoms with van der Waals surface area (Å²) in [6.07, 6.45) is 6.59. The lowest BCUT2D eigenvalue weighted by Crippen LogP contribution is -2.30. The van der Waals surface area contributed by atoms with Crippen LogP contribution in [0.1, 0.15) is 51.5 Å². The summed E-state index contributed by atoms with van der Waals surface area (Å²) >= 11 is 1.59. The molecule has 3 aromatic carbocycles. The Morgan fingerprint density at radius 2 is 1.84 bits per heavy atom.